The quantitative estimate of drug-likeness (QED) is 0.748. The highest BCUT2D eigenvalue weighted by atomic mass is 16.5. The Labute approximate surface area is 110 Å². The second-order valence-corrected chi connectivity index (χ2v) is 4.77. The van der Waals surface area contributed by atoms with Gasteiger partial charge in [-0.25, -0.2) is 0 Å². The predicted octanol–water partition coefficient (Wildman–Crippen LogP) is 2.48. The second kappa shape index (κ2) is 6.88. The first kappa shape index (κ1) is 13.5. The highest BCUT2D eigenvalue weighted by molar-refractivity contribution is 5.18. The third-order valence-electron chi connectivity index (χ3n) is 3.46. The lowest BCUT2D eigenvalue weighted by atomic mass is 10.1. The summed E-state index contributed by atoms with van der Waals surface area (Å²) in [7, 11) is 0. The van der Waals surface area contributed by atoms with E-state index < -0.39 is 0 Å². The van der Waals surface area contributed by atoms with E-state index in [0.717, 1.165) is 32.9 Å². The summed E-state index contributed by atoms with van der Waals surface area (Å²) in [6, 6.07) is 10.9. The largest absolute Gasteiger partial charge is 0.380 e. The molecule has 0 aliphatic carbocycles. The van der Waals surface area contributed by atoms with Gasteiger partial charge in [-0.3, -0.25) is 4.90 Å². The molecule has 100 valence electrons. The van der Waals surface area contributed by atoms with Gasteiger partial charge in [0.2, 0.25) is 0 Å². The highest BCUT2D eigenvalue weighted by Gasteiger charge is 2.26. The molecule has 0 N–H and O–H groups in total. The van der Waals surface area contributed by atoms with E-state index in [2.05, 4.69) is 36.1 Å². The first-order chi connectivity index (χ1) is 8.81. The molecule has 0 radical (unpaired) electrons. The standard InChI is InChI=1S/C15H23NO2/c1-3-17-10-9-16-11-15(18-12-13(16)2)14-7-5-4-6-8-14/h4-8,13,15H,3,9-12H2,1-2H3. The Hall–Kier alpha value is -0.900. The van der Waals surface area contributed by atoms with Gasteiger partial charge in [0.25, 0.3) is 0 Å². The minimum Gasteiger partial charge on any atom is -0.380 e. The summed E-state index contributed by atoms with van der Waals surface area (Å²) >= 11 is 0. The summed E-state index contributed by atoms with van der Waals surface area (Å²) in [6.45, 7) is 8.59. The van der Waals surface area contributed by atoms with Crippen molar-refractivity contribution in [1.82, 2.24) is 4.90 Å². The van der Waals surface area contributed by atoms with Gasteiger partial charge in [0.15, 0.2) is 0 Å². The van der Waals surface area contributed by atoms with E-state index in [1.54, 1.807) is 0 Å². The SMILES string of the molecule is CCOCCN1CC(c2ccccc2)OCC1C. The molecule has 2 atom stereocenters. The Balaban J connectivity index is 1.91. The Morgan fingerprint density at radius 2 is 2.11 bits per heavy atom. The van der Waals surface area contributed by atoms with Gasteiger partial charge in [-0.15, -0.1) is 0 Å². The van der Waals surface area contributed by atoms with Crippen molar-refractivity contribution in [3.8, 4) is 0 Å². The van der Waals surface area contributed by atoms with Crippen LogP contribution in [0.2, 0.25) is 0 Å². The maximum absolute atomic E-state index is 5.93. The van der Waals surface area contributed by atoms with Crippen LogP contribution in [0.25, 0.3) is 0 Å². The maximum atomic E-state index is 5.93. The summed E-state index contributed by atoms with van der Waals surface area (Å²) in [5.41, 5.74) is 1.27. The molecule has 0 saturated carbocycles. The van der Waals surface area contributed by atoms with Crippen LogP contribution in [0.4, 0.5) is 0 Å². The molecule has 1 saturated heterocycles. The van der Waals surface area contributed by atoms with Gasteiger partial charge < -0.3 is 9.47 Å². The normalized spacial score (nSPS) is 25.2. The van der Waals surface area contributed by atoms with E-state index in [1.165, 1.54) is 5.56 Å². The Bertz CT molecular complexity index is 342. The molecule has 1 aromatic carbocycles. The zero-order valence-corrected chi connectivity index (χ0v) is 11.3. The molecule has 3 heteroatoms. The molecule has 1 aliphatic heterocycles. The molecule has 0 spiro atoms. The molecule has 2 unspecified atom stereocenters. The zero-order valence-electron chi connectivity index (χ0n) is 11.3. The molecule has 1 heterocycles. The second-order valence-electron chi connectivity index (χ2n) is 4.77. The average Bonchev–Trinajstić information content (AvgIpc) is 2.42. The zero-order chi connectivity index (χ0) is 12.8. The third kappa shape index (κ3) is 3.55. The topological polar surface area (TPSA) is 21.7 Å². The summed E-state index contributed by atoms with van der Waals surface area (Å²) in [5, 5.41) is 0. The molecule has 0 amide bonds. The number of nitrogens with zero attached hydrogens (tertiary/aromatic N) is 1. The highest BCUT2D eigenvalue weighted by Crippen LogP contribution is 2.24. The first-order valence-electron chi connectivity index (χ1n) is 6.79. The van der Waals surface area contributed by atoms with Gasteiger partial charge in [-0.2, -0.15) is 0 Å². The maximum Gasteiger partial charge on any atom is 0.0952 e. The predicted molar refractivity (Wildman–Crippen MR) is 72.7 cm³/mol. The van der Waals surface area contributed by atoms with Gasteiger partial charge in [0, 0.05) is 25.7 Å². The molecule has 3 nitrogen and oxygen atoms in total. The Morgan fingerprint density at radius 1 is 1.33 bits per heavy atom. The summed E-state index contributed by atoms with van der Waals surface area (Å²) in [4.78, 5) is 2.46. The van der Waals surface area contributed by atoms with Crippen LogP contribution in [-0.4, -0.2) is 43.9 Å². The Kier molecular flexibility index (Phi) is 5.17. The molecule has 0 aromatic heterocycles. The van der Waals surface area contributed by atoms with Crippen LogP contribution >= 0.6 is 0 Å². The van der Waals surface area contributed by atoms with Crippen molar-refractivity contribution in [3.05, 3.63) is 35.9 Å². The molecule has 1 aromatic rings. The van der Waals surface area contributed by atoms with Crippen molar-refractivity contribution in [2.75, 3.05) is 32.9 Å². The monoisotopic (exact) mass is 249 g/mol. The molecule has 2 rings (SSSR count). The summed E-state index contributed by atoms with van der Waals surface area (Å²) < 4.78 is 11.4. The van der Waals surface area contributed by atoms with E-state index in [1.807, 2.05) is 13.0 Å². The molecular weight excluding hydrogens is 226 g/mol. The van der Waals surface area contributed by atoms with E-state index in [-0.39, 0.29) is 6.10 Å². The lowest BCUT2D eigenvalue weighted by molar-refractivity contribution is -0.0664. The van der Waals surface area contributed by atoms with Gasteiger partial charge in [0.1, 0.15) is 0 Å². The van der Waals surface area contributed by atoms with E-state index >= 15 is 0 Å². The van der Waals surface area contributed by atoms with Gasteiger partial charge in [-0.05, 0) is 19.4 Å². The van der Waals surface area contributed by atoms with Crippen molar-refractivity contribution in [2.45, 2.75) is 26.0 Å². The van der Waals surface area contributed by atoms with Crippen molar-refractivity contribution in [1.29, 1.82) is 0 Å². The van der Waals surface area contributed by atoms with Crippen LogP contribution in [0, 0.1) is 0 Å². The van der Waals surface area contributed by atoms with Crippen LogP contribution in [0.5, 0.6) is 0 Å². The smallest absolute Gasteiger partial charge is 0.0952 e. The number of ether oxygens (including phenoxy) is 2. The van der Waals surface area contributed by atoms with Crippen LogP contribution in [0.3, 0.4) is 0 Å². The number of morpholine rings is 1. The van der Waals surface area contributed by atoms with Crippen LogP contribution < -0.4 is 0 Å². The summed E-state index contributed by atoms with van der Waals surface area (Å²) in [6.07, 6.45) is 0.198. The number of hydrogen-bond acceptors (Lipinski definition) is 3. The van der Waals surface area contributed by atoms with E-state index in [0.29, 0.717) is 6.04 Å². The molecule has 0 bridgehead atoms. The van der Waals surface area contributed by atoms with Crippen molar-refractivity contribution in [2.24, 2.45) is 0 Å². The van der Waals surface area contributed by atoms with Crippen molar-refractivity contribution >= 4 is 0 Å². The van der Waals surface area contributed by atoms with Gasteiger partial charge in [-0.1, -0.05) is 30.3 Å². The lowest BCUT2D eigenvalue weighted by Crippen LogP contribution is -2.46. The first-order valence-corrected chi connectivity index (χ1v) is 6.79. The molecule has 18 heavy (non-hydrogen) atoms. The van der Waals surface area contributed by atoms with Gasteiger partial charge in [0.05, 0.1) is 19.3 Å². The lowest BCUT2D eigenvalue weighted by Gasteiger charge is -2.38. The minimum absolute atomic E-state index is 0.198. The van der Waals surface area contributed by atoms with Crippen molar-refractivity contribution in [3.63, 3.8) is 0 Å². The Morgan fingerprint density at radius 3 is 2.83 bits per heavy atom. The van der Waals surface area contributed by atoms with Crippen LogP contribution in [-0.2, 0) is 9.47 Å². The molecular formula is C15H23NO2. The summed E-state index contributed by atoms with van der Waals surface area (Å²) in [5.74, 6) is 0. The fourth-order valence-corrected chi connectivity index (χ4v) is 2.31. The van der Waals surface area contributed by atoms with Gasteiger partial charge >= 0.3 is 0 Å². The fraction of sp³-hybridized carbons (Fsp3) is 0.600. The average molecular weight is 249 g/mol. The van der Waals surface area contributed by atoms with E-state index in [4.69, 9.17) is 9.47 Å². The third-order valence-corrected chi connectivity index (χ3v) is 3.46. The number of hydrogen-bond donors (Lipinski definition) is 0. The van der Waals surface area contributed by atoms with E-state index in [9.17, 15) is 0 Å². The minimum atomic E-state index is 0.198. The number of benzene rings is 1. The van der Waals surface area contributed by atoms with Crippen molar-refractivity contribution < 1.29 is 9.47 Å². The number of rotatable bonds is 5. The van der Waals surface area contributed by atoms with Crippen LogP contribution in [0.1, 0.15) is 25.5 Å². The van der Waals surface area contributed by atoms with Crippen LogP contribution in [0.15, 0.2) is 30.3 Å². The molecule has 1 fully saturated rings. The molecule has 1 aliphatic rings. The fourth-order valence-electron chi connectivity index (χ4n) is 2.31.